The third-order valence-corrected chi connectivity index (χ3v) is 3.91. The van der Waals surface area contributed by atoms with Gasteiger partial charge in [-0.05, 0) is 19.9 Å². The van der Waals surface area contributed by atoms with Crippen molar-refractivity contribution >= 4 is 11.6 Å². The lowest BCUT2D eigenvalue weighted by Crippen LogP contribution is -2.55. The Morgan fingerprint density at radius 2 is 2.21 bits per heavy atom. The molecule has 0 aliphatic carbocycles. The molecule has 0 unspecified atom stereocenters. The number of carbonyl (C=O) groups excluding carboxylic acids is 1. The van der Waals surface area contributed by atoms with Crippen LogP contribution in [0.2, 0.25) is 0 Å². The normalized spacial score (nSPS) is 16.8. The average molecular weight is 331 g/mol. The first kappa shape index (κ1) is 16.1. The molecule has 1 fully saturated rings. The van der Waals surface area contributed by atoms with Gasteiger partial charge in [-0.3, -0.25) is 14.9 Å². The minimum Gasteiger partial charge on any atom is -0.377 e. The number of morpholine rings is 1. The molecule has 0 atom stereocenters. The minimum atomic E-state index is -0.483. The smallest absolute Gasteiger partial charge is 0.276 e. The predicted molar refractivity (Wildman–Crippen MR) is 83.9 cm³/mol. The second-order valence-corrected chi connectivity index (χ2v) is 6.15. The molecule has 9 nitrogen and oxygen atoms in total. The van der Waals surface area contributed by atoms with Crippen LogP contribution in [0.15, 0.2) is 30.5 Å². The van der Waals surface area contributed by atoms with Gasteiger partial charge in [-0.25, -0.2) is 4.68 Å². The molecule has 1 saturated heterocycles. The first-order valence-corrected chi connectivity index (χ1v) is 7.45. The van der Waals surface area contributed by atoms with Crippen LogP contribution < -0.4 is 0 Å². The van der Waals surface area contributed by atoms with E-state index in [2.05, 4.69) is 10.3 Å². The number of nitro benzene ring substituents is 1. The van der Waals surface area contributed by atoms with Gasteiger partial charge in [-0.2, -0.15) is 0 Å². The number of amides is 1. The summed E-state index contributed by atoms with van der Waals surface area (Å²) in [6.45, 7) is 5.27. The largest absolute Gasteiger partial charge is 0.377 e. The molecule has 3 rings (SSSR count). The lowest BCUT2D eigenvalue weighted by molar-refractivity contribution is -0.384. The van der Waals surface area contributed by atoms with E-state index in [9.17, 15) is 14.9 Å². The Morgan fingerprint density at radius 3 is 2.92 bits per heavy atom. The Labute approximate surface area is 138 Å². The SMILES string of the molecule is CC1(C)COCCN1C(=O)c1cn(-c2cccc([N+](=O)[O-])c2)nn1. The van der Waals surface area contributed by atoms with Crippen molar-refractivity contribution in [3.63, 3.8) is 0 Å². The van der Waals surface area contributed by atoms with Crippen LogP contribution in [0.3, 0.4) is 0 Å². The van der Waals surface area contributed by atoms with Gasteiger partial charge in [0.05, 0.1) is 35.6 Å². The van der Waals surface area contributed by atoms with Crippen LogP contribution >= 0.6 is 0 Å². The number of hydrogen-bond acceptors (Lipinski definition) is 6. The molecule has 1 amide bonds. The maximum atomic E-state index is 12.7. The summed E-state index contributed by atoms with van der Waals surface area (Å²) >= 11 is 0. The summed E-state index contributed by atoms with van der Waals surface area (Å²) in [5, 5.41) is 18.7. The number of ether oxygens (including phenoxy) is 1. The van der Waals surface area contributed by atoms with Crippen LogP contribution in [0.1, 0.15) is 24.3 Å². The molecule has 1 aliphatic heterocycles. The van der Waals surface area contributed by atoms with Crippen molar-refractivity contribution in [3.8, 4) is 5.69 Å². The standard InChI is InChI=1S/C15H17N5O4/c1-15(2)10-24-7-6-18(15)14(21)13-9-19(17-16-13)11-4-3-5-12(8-11)20(22)23/h3-5,8-9H,6-7,10H2,1-2H3. The number of carbonyl (C=O) groups is 1. The zero-order chi connectivity index (χ0) is 17.3. The molecule has 24 heavy (non-hydrogen) atoms. The molecule has 1 aliphatic rings. The van der Waals surface area contributed by atoms with Gasteiger partial charge in [0.2, 0.25) is 0 Å². The van der Waals surface area contributed by atoms with E-state index >= 15 is 0 Å². The highest BCUT2D eigenvalue weighted by Gasteiger charge is 2.35. The van der Waals surface area contributed by atoms with Crippen LogP contribution in [0, 0.1) is 10.1 Å². The lowest BCUT2D eigenvalue weighted by atomic mass is 10.0. The van der Waals surface area contributed by atoms with Crippen LogP contribution in [-0.4, -0.2) is 56.0 Å². The monoisotopic (exact) mass is 331 g/mol. The van der Waals surface area contributed by atoms with Gasteiger partial charge in [-0.15, -0.1) is 5.10 Å². The Kier molecular flexibility index (Phi) is 4.02. The quantitative estimate of drug-likeness (QED) is 0.622. The van der Waals surface area contributed by atoms with Crippen molar-refractivity contribution in [2.45, 2.75) is 19.4 Å². The summed E-state index contributed by atoms with van der Waals surface area (Å²) in [4.78, 5) is 24.8. The summed E-state index contributed by atoms with van der Waals surface area (Å²) < 4.78 is 6.77. The van der Waals surface area contributed by atoms with Crippen LogP contribution in [0.5, 0.6) is 0 Å². The maximum absolute atomic E-state index is 12.7. The summed E-state index contributed by atoms with van der Waals surface area (Å²) in [7, 11) is 0. The van der Waals surface area contributed by atoms with E-state index in [0.717, 1.165) is 0 Å². The van der Waals surface area contributed by atoms with Crippen molar-refractivity contribution in [1.29, 1.82) is 0 Å². The molecule has 1 aromatic heterocycles. The fourth-order valence-corrected chi connectivity index (χ4v) is 2.61. The van der Waals surface area contributed by atoms with Crippen LogP contribution in [0.25, 0.3) is 5.69 Å². The Hall–Kier alpha value is -2.81. The first-order chi connectivity index (χ1) is 11.4. The highest BCUT2D eigenvalue weighted by molar-refractivity contribution is 5.92. The van der Waals surface area contributed by atoms with E-state index in [4.69, 9.17) is 4.74 Å². The highest BCUT2D eigenvalue weighted by Crippen LogP contribution is 2.22. The Morgan fingerprint density at radius 1 is 1.42 bits per heavy atom. The summed E-state index contributed by atoms with van der Waals surface area (Å²) in [5.41, 5.74) is 0.184. The van der Waals surface area contributed by atoms with E-state index in [-0.39, 0.29) is 17.3 Å². The fourth-order valence-electron chi connectivity index (χ4n) is 2.61. The van der Waals surface area contributed by atoms with Gasteiger partial charge >= 0.3 is 0 Å². The molecule has 9 heteroatoms. The molecule has 0 N–H and O–H groups in total. The fraction of sp³-hybridized carbons (Fsp3) is 0.400. The van der Waals surface area contributed by atoms with Crippen molar-refractivity contribution in [3.05, 3.63) is 46.3 Å². The average Bonchev–Trinajstić information content (AvgIpc) is 3.04. The number of hydrogen-bond donors (Lipinski definition) is 0. The lowest BCUT2D eigenvalue weighted by Gasteiger charge is -2.41. The van der Waals surface area contributed by atoms with Crippen molar-refractivity contribution in [1.82, 2.24) is 19.9 Å². The third-order valence-electron chi connectivity index (χ3n) is 3.91. The van der Waals surface area contributed by atoms with E-state index in [1.54, 1.807) is 17.0 Å². The molecule has 0 bridgehead atoms. The maximum Gasteiger partial charge on any atom is 0.276 e. The molecule has 0 spiro atoms. The molecule has 2 heterocycles. The van der Waals surface area contributed by atoms with Gasteiger partial charge in [-0.1, -0.05) is 11.3 Å². The molecule has 126 valence electrons. The third kappa shape index (κ3) is 2.98. The van der Waals surface area contributed by atoms with Gasteiger partial charge < -0.3 is 9.64 Å². The number of nitro groups is 1. The Bertz CT molecular complexity index is 786. The van der Waals surface area contributed by atoms with E-state index in [0.29, 0.717) is 25.4 Å². The Balaban J connectivity index is 1.86. The van der Waals surface area contributed by atoms with Crippen molar-refractivity contribution in [2.75, 3.05) is 19.8 Å². The molecular weight excluding hydrogens is 314 g/mol. The highest BCUT2D eigenvalue weighted by atomic mass is 16.6. The predicted octanol–water partition coefficient (Wildman–Crippen LogP) is 1.43. The zero-order valence-corrected chi connectivity index (χ0v) is 13.4. The topological polar surface area (TPSA) is 103 Å². The summed E-state index contributed by atoms with van der Waals surface area (Å²) in [6, 6.07) is 5.99. The van der Waals surface area contributed by atoms with Gasteiger partial charge in [0, 0.05) is 18.7 Å². The number of rotatable bonds is 3. The van der Waals surface area contributed by atoms with Crippen LogP contribution in [0.4, 0.5) is 5.69 Å². The van der Waals surface area contributed by atoms with E-state index < -0.39 is 10.5 Å². The van der Waals surface area contributed by atoms with E-state index in [1.807, 2.05) is 13.8 Å². The molecule has 1 aromatic carbocycles. The number of non-ortho nitro benzene ring substituents is 1. The van der Waals surface area contributed by atoms with Gasteiger partial charge in [0.25, 0.3) is 11.6 Å². The second-order valence-electron chi connectivity index (χ2n) is 6.15. The van der Waals surface area contributed by atoms with Crippen LogP contribution in [-0.2, 0) is 4.74 Å². The van der Waals surface area contributed by atoms with Crippen molar-refractivity contribution in [2.24, 2.45) is 0 Å². The number of nitrogens with zero attached hydrogens (tertiary/aromatic N) is 5. The van der Waals surface area contributed by atoms with E-state index in [1.165, 1.54) is 23.0 Å². The molecule has 0 radical (unpaired) electrons. The molecular formula is C15H17N5O4. The summed E-state index contributed by atoms with van der Waals surface area (Å²) in [5.74, 6) is -0.236. The van der Waals surface area contributed by atoms with Gasteiger partial charge in [0.15, 0.2) is 5.69 Å². The second kappa shape index (κ2) is 6.00. The van der Waals surface area contributed by atoms with Gasteiger partial charge in [0.1, 0.15) is 0 Å². The molecule has 0 saturated carbocycles. The van der Waals surface area contributed by atoms with Crippen molar-refractivity contribution < 1.29 is 14.5 Å². The number of benzene rings is 1. The first-order valence-electron chi connectivity index (χ1n) is 7.45. The minimum absolute atomic E-state index is 0.0508. The summed E-state index contributed by atoms with van der Waals surface area (Å²) in [6.07, 6.45) is 1.48. The molecule has 2 aromatic rings. The zero-order valence-electron chi connectivity index (χ0n) is 13.4. The number of aromatic nitrogens is 3.